The first-order valence-electron chi connectivity index (χ1n) is 5.84. The van der Waals surface area contributed by atoms with E-state index in [4.69, 9.17) is 12.2 Å². The fourth-order valence-corrected chi connectivity index (χ4v) is 2.09. The number of unbranched alkanes of at least 4 members (excludes halogenated alkanes) is 1. The van der Waals surface area contributed by atoms with Crippen molar-refractivity contribution < 1.29 is 0 Å². The van der Waals surface area contributed by atoms with Crippen LogP contribution < -0.4 is 5.32 Å². The maximum Gasteiger partial charge on any atom is 0.169 e. The van der Waals surface area contributed by atoms with Crippen molar-refractivity contribution in [1.82, 2.24) is 19.8 Å². The third kappa shape index (κ3) is 2.52. The number of hydrogen-bond donors (Lipinski definition) is 1. The van der Waals surface area contributed by atoms with Crippen molar-refractivity contribution in [3.05, 3.63) is 18.2 Å². The van der Waals surface area contributed by atoms with Crippen LogP contribution in [0.4, 0.5) is 0 Å². The minimum absolute atomic E-state index is 0.824. The molecule has 1 aromatic heterocycles. The predicted octanol–water partition coefficient (Wildman–Crippen LogP) is 1.37. The largest absolute Gasteiger partial charge is 0.363 e. The van der Waals surface area contributed by atoms with Crippen molar-refractivity contribution in [1.29, 1.82) is 0 Å². The molecule has 2 heterocycles. The molecule has 1 aliphatic rings. The van der Waals surface area contributed by atoms with Crippen LogP contribution in [0.1, 0.15) is 25.6 Å². The molecule has 1 aliphatic heterocycles. The number of nitrogens with zero attached hydrogens (tertiary/aromatic N) is 3. The summed E-state index contributed by atoms with van der Waals surface area (Å²) in [5.41, 5.74) is 0. The summed E-state index contributed by atoms with van der Waals surface area (Å²) in [6.45, 7) is 5.93. The fourth-order valence-electron chi connectivity index (χ4n) is 1.83. The van der Waals surface area contributed by atoms with Gasteiger partial charge in [-0.15, -0.1) is 0 Å². The van der Waals surface area contributed by atoms with E-state index in [-0.39, 0.29) is 0 Å². The van der Waals surface area contributed by atoms with Gasteiger partial charge >= 0.3 is 0 Å². The topological polar surface area (TPSA) is 33.1 Å². The lowest BCUT2D eigenvalue weighted by molar-refractivity contribution is 0.325. The molecule has 0 saturated heterocycles. The Bertz CT molecular complexity index is 361. The number of rotatable bonds is 3. The molecule has 0 unspecified atom stereocenters. The number of fused-ring (bicyclic) bond motifs is 1. The number of imidazole rings is 1. The zero-order valence-electron chi connectivity index (χ0n) is 9.65. The Labute approximate surface area is 102 Å². The second-order valence-corrected chi connectivity index (χ2v) is 4.43. The lowest BCUT2D eigenvalue weighted by Gasteiger charge is -2.30. The molecule has 0 spiro atoms. The lowest BCUT2D eigenvalue weighted by atomic mass is 10.3. The zero-order valence-corrected chi connectivity index (χ0v) is 10.5. The van der Waals surface area contributed by atoms with E-state index in [1.54, 1.807) is 0 Å². The summed E-state index contributed by atoms with van der Waals surface area (Å²) in [7, 11) is 0. The van der Waals surface area contributed by atoms with E-state index in [2.05, 4.69) is 26.7 Å². The fraction of sp³-hybridized carbons (Fsp3) is 0.636. The van der Waals surface area contributed by atoms with Crippen LogP contribution in [0.3, 0.4) is 0 Å². The first-order valence-corrected chi connectivity index (χ1v) is 6.25. The summed E-state index contributed by atoms with van der Waals surface area (Å²) < 4.78 is 2.19. The molecule has 0 bridgehead atoms. The van der Waals surface area contributed by atoms with Crippen molar-refractivity contribution >= 4 is 17.3 Å². The molecule has 0 atom stereocenters. The van der Waals surface area contributed by atoms with E-state index in [0.717, 1.165) is 37.1 Å². The number of thiocarbonyl (C=S) groups is 1. The Morgan fingerprint density at radius 3 is 3.25 bits per heavy atom. The van der Waals surface area contributed by atoms with Gasteiger partial charge in [-0.3, -0.25) is 0 Å². The number of aromatic nitrogens is 2. The molecular weight excluding hydrogens is 220 g/mol. The van der Waals surface area contributed by atoms with Gasteiger partial charge in [-0.1, -0.05) is 13.3 Å². The highest BCUT2D eigenvalue weighted by Crippen LogP contribution is 2.10. The third-order valence-corrected chi connectivity index (χ3v) is 3.24. The van der Waals surface area contributed by atoms with E-state index in [9.17, 15) is 0 Å². The van der Waals surface area contributed by atoms with Gasteiger partial charge in [0.2, 0.25) is 0 Å². The molecule has 88 valence electrons. The lowest BCUT2D eigenvalue weighted by Crippen LogP contribution is -2.44. The van der Waals surface area contributed by atoms with E-state index in [1.165, 1.54) is 12.8 Å². The smallest absolute Gasteiger partial charge is 0.169 e. The molecule has 0 amide bonds. The summed E-state index contributed by atoms with van der Waals surface area (Å²) in [5.74, 6) is 1.10. The minimum Gasteiger partial charge on any atom is -0.363 e. The van der Waals surface area contributed by atoms with E-state index in [0.29, 0.717) is 0 Å². The normalized spacial score (nSPS) is 14.7. The number of nitrogens with one attached hydrogen (secondary N) is 1. The van der Waals surface area contributed by atoms with Crippen LogP contribution in [0.2, 0.25) is 0 Å². The summed E-state index contributed by atoms with van der Waals surface area (Å²) in [5, 5.41) is 4.16. The van der Waals surface area contributed by atoms with Crippen molar-refractivity contribution in [3.63, 3.8) is 0 Å². The van der Waals surface area contributed by atoms with Crippen LogP contribution in [-0.4, -0.2) is 32.7 Å². The predicted molar refractivity (Wildman–Crippen MR) is 68.1 cm³/mol. The van der Waals surface area contributed by atoms with Crippen molar-refractivity contribution in [2.45, 2.75) is 32.9 Å². The van der Waals surface area contributed by atoms with Gasteiger partial charge in [0.1, 0.15) is 5.82 Å². The van der Waals surface area contributed by atoms with Gasteiger partial charge in [-0.2, -0.15) is 0 Å². The highest BCUT2D eigenvalue weighted by Gasteiger charge is 2.17. The second kappa shape index (κ2) is 5.30. The highest BCUT2D eigenvalue weighted by atomic mass is 32.1. The molecular formula is C11H18N4S. The van der Waals surface area contributed by atoms with Crippen molar-refractivity contribution in [2.24, 2.45) is 0 Å². The maximum atomic E-state index is 5.37. The maximum absolute atomic E-state index is 5.37. The van der Waals surface area contributed by atoms with Gasteiger partial charge in [0.05, 0.1) is 6.54 Å². The summed E-state index contributed by atoms with van der Waals surface area (Å²) in [4.78, 5) is 6.51. The number of hydrogen-bond acceptors (Lipinski definition) is 2. The molecule has 0 fully saturated rings. The Hall–Kier alpha value is -1.10. The van der Waals surface area contributed by atoms with Crippen molar-refractivity contribution in [2.75, 3.05) is 13.1 Å². The molecule has 0 radical (unpaired) electrons. The van der Waals surface area contributed by atoms with Gasteiger partial charge in [-0.25, -0.2) is 4.98 Å². The Morgan fingerprint density at radius 2 is 2.44 bits per heavy atom. The molecule has 4 nitrogen and oxygen atoms in total. The molecule has 0 saturated carbocycles. The SMILES string of the molecule is CCCCNC(=S)N1CCn2ccnc2C1. The van der Waals surface area contributed by atoms with Crippen LogP contribution in [0, 0.1) is 0 Å². The van der Waals surface area contributed by atoms with E-state index in [1.807, 2.05) is 12.4 Å². The van der Waals surface area contributed by atoms with Crippen LogP contribution >= 0.6 is 12.2 Å². The Balaban J connectivity index is 1.86. The standard InChI is InChI=1S/C11H18N4S/c1-2-3-4-13-11(16)15-8-7-14-6-5-12-10(14)9-15/h5-6H,2-4,7-9H2,1H3,(H,13,16). The molecule has 0 aromatic carbocycles. The van der Waals surface area contributed by atoms with Crippen LogP contribution in [0.15, 0.2) is 12.4 Å². The van der Waals surface area contributed by atoms with Gasteiger partial charge in [-0.05, 0) is 18.6 Å². The van der Waals surface area contributed by atoms with Crippen LogP contribution in [0.5, 0.6) is 0 Å². The molecule has 5 heteroatoms. The third-order valence-electron chi connectivity index (χ3n) is 2.84. The summed E-state index contributed by atoms with van der Waals surface area (Å²) in [6, 6.07) is 0. The average Bonchev–Trinajstić information content (AvgIpc) is 2.76. The molecule has 16 heavy (non-hydrogen) atoms. The van der Waals surface area contributed by atoms with Crippen LogP contribution in [0.25, 0.3) is 0 Å². The van der Waals surface area contributed by atoms with Gasteiger partial charge in [0.25, 0.3) is 0 Å². The second-order valence-electron chi connectivity index (χ2n) is 4.04. The molecule has 0 aliphatic carbocycles. The van der Waals surface area contributed by atoms with E-state index < -0.39 is 0 Å². The van der Waals surface area contributed by atoms with Crippen molar-refractivity contribution in [3.8, 4) is 0 Å². The zero-order chi connectivity index (χ0) is 11.4. The minimum atomic E-state index is 0.824. The quantitative estimate of drug-likeness (QED) is 0.637. The highest BCUT2D eigenvalue weighted by molar-refractivity contribution is 7.80. The first kappa shape index (κ1) is 11.4. The van der Waals surface area contributed by atoms with Gasteiger partial charge in [0, 0.05) is 32.0 Å². The molecule has 1 N–H and O–H groups in total. The first-order chi connectivity index (χ1) is 7.81. The van der Waals surface area contributed by atoms with E-state index >= 15 is 0 Å². The summed E-state index contributed by atoms with van der Waals surface area (Å²) >= 11 is 5.37. The average molecular weight is 238 g/mol. The Kier molecular flexibility index (Phi) is 3.77. The Morgan fingerprint density at radius 1 is 1.56 bits per heavy atom. The summed E-state index contributed by atoms with van der Waals surface area (Å²) in [6.07, 6.45) is 6.25. The van der Waals surface area contributed by atoms with Gasteiger partial charge in [0.15, 0.2) is 5.11 Å². The molecule has 2 rings (SSSR count). The van der Waals surface area contributed by atoms with Crippen LogP contribution in [-0.2, 0) is 13.1 Å². The van der Waals surface area contributed by atoms with Gasteiger partial charge < -0.3 is 14.8 Å². The monoisotopic (exact) mass is 238 g/mol. The molecule has 1 aromatic rings.